The number of piperazine rings is 1. The molecule has 10 atom stereocenters. The van der Waals surface area contributed by atoms with Crippen molar-refractivity contribution in [2.45, 2.75) is 70.8 Å². The van der Waals surface area contributed by atoms with E-state index < -0.39 is 10.0 Å². The van der Waals surface area contributed by atoms with Gasteiger partial charge in [-0.15, -0.1) is 0 Å². The first-order valence-electron chi connectivity index (χ1n) is 14.0. The second kappa shape index (κ2) is 8.00. The smallest absolute Gasteiger partial charge is 0.211 e. The van der Waals surface area contributed by atoms with Crippen molar-refractivity contribution >= 4 is 15.8 Å². The third kappa shape index (κ3) is 3.50. The van der Waals surface area contributed by atoms with Gasteiger partial charge in [0, 0.05) is 32.1 Å². The number of sulfonamides is 1. The summed E-state index contributed by atoms with van der Waals surface area (Å²) in [6, 6.07) is 0. The summed E-state index contributed by atoms with van der Waals surface area (Å²) >= 11 is 0. The summed E-state index contributed by atoms with van der Waals surface area (Å²) in [6.45, 7) is 7.50. The van der Waals surface area contributed by atoms with Gasteiger partial charge in [-0.2, -0.15) is 4.31 Å². The summed E-state index contributed by atoms with van der Waals surface area (Å²) in [4.78, 5) is 15.7. The highest BCUT2D eigenvalue weighted by atomic mass is 32.2. The van der Waals surface area contributed by atoms with Crippen LogP contribution >= 0.6 is 0 Å². The number of carbonyl (C=O) groups is 1. The number of ketones is 1. The van der Waals surface area contributed by atoms with Crippen LogP contribution in [0, 0.1) is 52.8 Å². The summed E-state index contributed by atoms with van der Waals surface area (Å²) < 4.78 is 25.1. The molecule has 6 aliphatic rings. The zero-order valence-corrected chi connectivity index (χ0v) is 22.1. The summed E-state index contributed by atoms with van der Waals surface area (Å²) in [6.07, 6.45) is 10.8. The van der Waals surface area contributed by atoms with Gasteiger partial charge in [0.2, 0.25) is 10.0 Å². The van der Waals surface area contributed by atoms with E-state index in [1.54, 1.807) is 0 Å². The molecule has 1 saturated heterocycles. The van der Waals surface area contributed by atoms with Gasteiger partial charge in [-0.1, -0.05) is 13.8 Å². The average molecular weight is 493 g/mol. The molecule has 0 radical (unpaired) electrons. The fourth-order valence-electron chi connectivity index (χ4n) is 10.3. The predicted octanol–water partition coefficient (Wildman–Crippen LogP) is 3.01. The van der Waals surface area contributed by atoms with E-state index in [2.05, 4.69) is 18.7 Å². The van der Waals surface area contributed by atoms with Crippen molar-refractivity contribution in [3.05, 3.63) is 0 Å². The molecule has 1 N–H and O–H groups in total. The Bertz CT molecular complexity index is 946. The van der Waals surface area contributed by atoms with Crippen molar-refractivity contribution in [3.63, 3.8) is 0 Å². The average Bonchev–Trinajstić information content (AvgIpc) is 3.16. The molecule has 1 aliphatic heterocycles. The zero-order valence-electron chi connectivity index (χ0n) is 21.3. The molecule has 2 unspecified atom stereocenters. The van der Waals surface area contributed by atoms with Crippen LogP contribution in [0.25, 0.3) is 0 Å². The number of hydrogen-bond acceptors (Lipinski definition) is 5. The van der Waals surface area contributed by atoms with Crippen molar-refractivity contribution in [2.75, 3.05) is 39.0 Å². The number of fused-ring (bicyclic) bond motifs is 7. The van der Waals surface area contributed by atoms with Gasteiger partial charge < -0.3 is 5.11 Å². The molecule has 6 fully saturated rings. The first-order valence-corrected chi connectivity index (χ1v) is 15.8. The van der Waals surface area contributed by atoms with Crippen LogP contribution in [0.5, 0.6) is 0 Å². The van der Waals surface area contributed by atoms with Gasteiger partial charge in [-0.05, 0) is 98.2 Å². The summed E-state index contributed by atoms with van der Waals surface area (Å²) in [5.41, 5.74) is -0.198. The summed E-state index contributed by atoms with van der Waals surface area (Å²) in [7, 11) is -3.14. The minimum absolute atomic E-state index is 0.141. The van der Waals surface area contributed by atoms with E-state index >= 15 is 0 Å². The molecule has 0 amide bonds. The molecular weight excluding hydrogens is 448 g/mol. The van der Waals surface area contributed by atoms with E-state index in [9.17, 15) is 18.3 Å². The lowest BCUT2D eigenvalue weighted by Crippen LogP contribution is -2.52. The van der Waals surface area contributed by atoms with E-state index in [0.29, 0.717) is 56.3 Å². The van der Waals surface area contributed by atoms with Crippen LogP contribution in [-0.4, -0.2) is 73.1 Å². The molecule has 5 saturated carbocycles. The van der Waals surface area contributed by atoms with Gasteiger partial charge in [0.1, 0.15) is 5.78 Å². The molecule has 5 aliphatic carbocycles. The Morgan fingerprint density at radius 2 is 1.56 bits per heavy atom. The Kier molecular flexibility index (Phi) is 5.62. The molecule has 0 bridgehead atoms. The van der Waals surface area contributed by atoms with E-state index in [1.807, 2.05) is 0 Å². The van der Waals surface area contributed by atoms with Gasteiger partial charge in [-0.3, -0.25) is 9.69 Å². The number of carbonyl (C=O) groups excluding carboxylic acids is 1. The van der Waals surface area contributed by atoms with Gasteiger partial charge in [-0.25, -0.2) is 8.42 Å². The van der Waals surface area contributed by atoms with E-state index in [1.165, 1.54) is 49.1 Å². The maximum Gasteiger partial charge on any atom is 0.211 e. The molecular formula is C27H44N2O4S. The zero-order chi connectivity index (χ0) is 24.0. The Balaban J connectivity index is 1.11. The standard InChI is InChI=1S/C27H44N2O4S/c1-17-25-21-5-4-20-18(19(21)9-11-27(17,25)31)8-10-26(2)22(20)6-7-23(26)24(30)16-28-12-14-29(15-13-28)34(3,32)33/h17-23,25,31H,4-16H2,1-3H3/t17?,18-,19-,20-,21+,22+,23-,25?,26+,27+/m1/s1. The number of nitrogens with zero attached hydrogens (tertiary/aromatic N) is 2. The number of hydrogen-bond donors (Lipinski definition) is 1. The highest BCUT2D eigenvalue weighted by Gasteiger charge is 2.69. The second-order valence-corrected chi connectivity index (χ2v) is 15.2. The summed E-state index contributed by atoms with van der Waals surface area (Å²) in [5.74, 6) is 5.44. The Morgan fingerprint density at radius 1 is 0.912 bits per heavy atom. The molecule has 192 valence electrons. The number of rotatable bonds is 4. The van der Waals surface area contributed by atoms with Crippen molar-refractivity contribution in [3.8, 4) is 0 Å². The van der Waals surface area contributed by atoms with Crippen LogP contribution in [0.15, 0.2) is 0 Å². The van der Waals surface area contributed by atoms with Crippen LogP contribution in [0.3, 0.4) is 0 Å². The molecule has 6 nitrogen and oxygen atoms in total. The van der Waals surface area contributed by atoms with Crippen molar-refractivity contribution in [1.82, 2.24) is 9.21 Å². The van der Waals surface area contributed by atoms with Crippen molar-refractivity contribution in [1.29, 1.82) is 0 Å². The monoisotopic (exact) mass is 492 g/mol. The van der Waals surface area contributed by atoms with Crippen LogP contribution in [0.4, 0.5) is 0 Å². The molecule has 1 heterocycles. The minimum atomic E-state index is -3.14. The molecule has 34 heavy (non-hydrogen) atoms. The summed E-state index contributed by atoms with van der Waals surface area (Å²) in [5, 5.41) is 11.0. The molecule has 7 heteroatoms. The van der Waals surface area contributed by atoms with Gasteiger partial charge in [0.25, 0.3) is 0 Å². The molecule has 6 rings (SSSR count). The lowest BCUT2D eigenvalue weighted by atomic mass is 9.49. The third-order valence-electron chi connectivity index (χ3n) is 12.1. The number of Topliss-reactive ketones (excluding diaryl/α,β-unsaturated/α-hetero) is 1. The first-order chi connectivity index (χ1) is 16.0. The first kappa shape index (κ1) is 23.9. The largest absolute Gasteiger partial charge is 0.389 e. The Labute approximate surface area is 205 Å². The van der Waals surface area contributed by atoms with Gasteiger partial charge >= 0.3 is 0 Å². The topological polar surface area (TPSA) is 77.9 Å². The van der Waals surface area contributed by atoms with Crippen LogP contribution < -0.4 is 0 Å². The molecule has 0 spiro atoms. The maximum absolute atomic E-state index is 13.6. The minimum Gasteiger partial charge on any atom is -0.389 e. The van der Waals surface area contributed by atoms with Gasteiger partial charge in [0.15, 0.2) is 0 Å². The second-order valence-electron chi connectivity index (χ2n) is 13.3. The molecule has 0 aromatic heterocycles. The van der Waals surface area contributed by atoms with Crippen LogP contribution in [0.1, 0.15) is 65.2 Å². The van der Waals surface area contributed by atoms with Crippen LogP contribution in [0.2, 0.25) is 0 Å². The van der Waals surface area contributed by atoms with Crippen molar-refractivity contribution in [2.24, 2.45) is 52.8 Å². The number of aliphatic hydroxyl groups is 1. The third-order valence-corrected chi connectivity index (χ3v) is 13.4. The maximum atomic E-state index is 13.6. The predicted molar refractivity (Wildman–Crippen MR) is 131 cm³/mol. The Hall–Kier alpha value is -0.500. The van der Waals surface area contributed by atoms with Crippen molar-refractivity contribution < 1.29 is 18.3 Å². The fraction of sp³-hybridized carbons (Fsp3) is 0.963. The lowest BCUT2D eigenvalue weighted by Gasteiger charge is -2.56. The van der Waals surface area contributed by atoms with E-state index in [-0.39, 0.29) is 16.9 Å². The quantitative estimate of drug-likeness (QED) is 0.653. The van der Waals surface area contributed by atoms with Crippen LogP contribution in [-0.2, 0) is 14.8 Å². The highest BCUT2D eigenvalue weighted by molar-refractivity contribution is 7.88. The Morgan fingerprint density at radius 3 is 2.26 bits per heavy atom. The van der Waals surface area contributed by atoms with E-state index in [0.717, 1.165) is 36.5 Å². The fourth-order valence-corrected chi connectivity index (χ4v) is 11.1. The molecule has 0 aromatic rings. The normalized spacial score (nSPS) is 51.2. The lowest BCUT2D eigenvalue weighted by molar-refractivity contribution is -0.132. The highest BCUT2D eigenvalue weighted by Crippen LogP contribution is 2.70. The van der Waals surface area contributed by atoms with E-state index in [4.69, 9.17) is 0 Å². The molecule has 0 aromatic carbocycles. The van der Waals surface area contributed by atoms with Gasteiger partial charge in [0.05, 0.1) is 18.4 Å². The SMILES string of the molecule is CC1C2[C@H]3CC[C@@H]4[C@H](CC[C@]5(C)[C@@H](C(=O)CN6CCN(S(C)(=O)=O)CC6)CC[C@@H]45)[C@H]3CC[C@]12O.